The summed E-state index contributed by atoms with van der Waals surface area (Å²) in [5, 5.41) is 9.10. The Morgan fingerprint density at radius 1 is 1.14 bits per heavy atom. The van der Waals surface area contributed by atoms with Crippen LogP contribution < -0.4 is 0 Å². The van der Waals surface area contributed by atoms with Gasteiger partial charge in [0.05, 0.1) is 0 Å². The molecule has 2 fully saturated rings. The number of halogens is 6. The standard InChI is InChI=1S/C12H14F6O3/c1-8(2)7(20)4-9(21-8)6(5-19)3-10(13,14)12(17,18)11(9,15)16/h6,19H,3-5H2,1-2H3. The lowest BCUT2D eigenvalue weighted by Gasteiger charge is -2.51. The summed E-state index contributed by atoms with van der Waals surface area (Å²) in [7, 11) is 0. The number of hydrogen-bond acceptors (Lipinski definition) is 3. The maximum Gasteiger partial charge on any atom is 0.374 e. The van der Waals surface area contributed by atoms with Gasteiger partial charge in [-0.1, -0.05) is 0 Å². The summed E-state index contributed by atoms with van der Waals surface area (Å²) < 4.78 is 87.1. The Kier molecular flexibility index (Phi) is 3.25. The molecule has 1 N–H and O–H groups in total. The van der Waals surface area contributed by atoms with Gasteiger partial charge in [-0.25, -0.2) is 0 Å². The lowest BCUT2D eigenvalue weighted by molar-refractivity contribution is -0.403. The number of rotatable bonds is 1. The van der Waals surface area contributed by atoms with Crippen LogP contribution in [-0.4, -0.2) is 46.5 Å². The largest absolute Gasteiger partial charge is 0.396 e. The minimum absolute atomic E-state index is 0.901. The molecule has 1 saturated carbocycles. The van der Waals surface area contributed by atoms with Gasteiger partial charge in [0, 0.05) is 25.4 Å². The molecule has 0 radical (unpaired) electrons. The van der Waals surface area contributed by atoms with Crippen molar-refractivity contribution in [1.29, 1.82) is 0 Å². The second-order valence-electron chi connectivity index (χ2n) is 6.04. The van der Waals surface area contributed by atoms with Crippen molar-refractivity contribution in [3.05, 3.63) is 0 Å². The van der Waals surface area contributed by atoms with Crippen molar-refractivity contribution in [1.82, 2.24) is 0 Å². The number of aliphatic hydroxyl groups is 1. The molecule has 1 saturated heterocycles. The molecular formula is C12H14F6O3. The van der Waals surface area contributed by atoms with E-state index in [1.807, 2.05) is 0 Å². The Morgan fingerprint density at radius 2 is 1.67 bits per heavy atom. The summed E-state index contributed by atoms with van der Waals surface area (Å²) in [6.45, 7) is 0.976. The highest BCUT2D eigenvalue weighted by atomic mass is 19.3. The smallest absolute Gasteiger partial charge is 0.374 e. The topological polar surface area (TPSA) is 46.5 Å². The van der Waals surface area contributed by atoms with Crippen LogP contribution in [0.2, 0.25) is 0 Å². The van der Waals surface area contributed by atoms with Crippen molar-refractivity contribution in [2.24, 2.45) is 5.92 Å². The number of ether oxygens (including phenoxy) is 1. The highest BCUT2D eigenvalue weighted by Gasteiger charge is 2.86. The van der Waals surface area contributed by atoms with Crippen LogP contribution in [0.5, 0.6) is 0 Å². The van der Waals surface area contributed by atoms with E-state index in [0.717, 1.165) is 13.8 Å². The molecule has 2 atom stereocenters. The molecule has 9 heteroatoms. The number of carbonyl (C=O) groups is 1. The van der Waals surface area contributed by atoms with Crippen LogP contribution in [-0.2, 0) is 9.53 Å². The molecule has 0 aromatic carbocycles. The van der Waals surface area contributed by atoms with Gasteiger partial charge in [-0.15, -0.1) is 0 Å². The van der Waals surface area contributed by atoms with E-state index in [4.69, 9.17) is 9.84 Å². The van der Waals surface area contributed by atoms with Gasteiger partial charge in [0.15, 0.2) is 11.4 Å². The van der Waals surface area contributed by atoms with Crippen molar-refractivity contribution in [2.75, 3.05) is 6.61 Å². The molecule has 3 nitrogen and oxygen atoms in total. The summed E-state index contributed by atoms with van der Waals surface area (Å²) in [6, 6.07) is 0. The quantitative estimate of drug-likeness (QED) is 0.755. The molecule has 0 bridgehead atoms. The number of hydrogen-bond donors (Lipinski definition) is 1. The van der Waals surface area contributed by atoms with Crippen LogP contribution in [0.15, 0.2) is 0 Å². The van der Waals surface area contributed by atoms with Gasteiger partial charge in [-0.3, -0.25) is 4.79 Å². The fourth-order valence-electron chi connectivity index (χ4n) is 2.97. The molecule has 2 unspecified atom stereocenters. The van der Waals surface area contributed by atoms with E-state index in [9.17, 15) is 31.1 Å². The van der Waals surface area contributed by atoms with Crippen LogP contribution in [0, 0.1) is 5.92 Å². The van der Waals surface area contributed by atoms with Gasteiger partial charge in [0.25, 0.3) is 0 Å². The van der Waals surface area contributed by atoms with E-state index in [-0.39, 0.29) is 0 Å². The average molecular weight is 320 g/mol. The summed E-state index contributed by atoms with van der Waals surface area (Å²) >= 11 is 0. The third-order valence-electron chi connectivity index (χ3n) is 4.30. The first-order valence-corrected chi connectivity index (χ1v) is 6.23. The maximum absolute atomic E-state index is 14.2. The first-order valence-electron chi connectivity index (χ1n) is 6.23. The van der Waals surface area contributed by atoms with Gasteiger partial charge >= 0.3 is 17.8 Å². The highest BCUT2D eigenvalue weighted by molar-refractivity contribution is 5.89. The van der Waals surface area contributed by atoms with Crippen molar-refractivity contribution in [3.63, 3.8) is 0 Å². The molecule has 0 aromatic rings. The fraction of sp³-hybridized carbons (Fsp3) is 0.917. The zero-order valence-electron chi connectivity index (χ0n) is 11.2. The third-order valence-corrected chi connectivity index (χ3v) is 4.30. The van der Waals surface area contributed by atoms with Crippen LogP contribution in [0.4, 0.5) is 26.3 Å². The van der Waals surface area contributed by atoms with E-state index >= 15 is 0 Å². The average Bonchev–Trinajstić information content (AvgIpc) is 2.56. The molecule has 2 aliphatic rings. The van der Waals surface area contributed by atoms with Crippen LogP contribution >= 0.6 is 0 Å². The number of ketones is 1. The van der Waals surface area contributed by atoms with Crippen LogP contribution in [0.1, 0.15) is 26.7 Å². The Balaban J connectivity index is 2.62. The maximum atomic E-state index is 14.2. The van der Waals surface area contributed by atoms with Gasteiger partial charge in [-0.2, -0.15) is 26.3 Å². The summed E-state index contributed by atoms with van der Waals surface area (Å²) in [5.41, 5.74) is -4.94. The fourth-order valence-corrected chi connectivity index (χ4v) is 2.97. The molecule has 1 aliphatic heterocycles. The number of carbonyl (C=O) groups excluding carboxylic acids is 1. The first kappa shape index (κ1) is 16.5. The van der Waals surface area contributed by atoms with E-state index in [2.05, 4.69) is 0 Å². The molecule has 0 amide bonds. The number of Topliss-reactive ketones (excluding diaryl/α,β-unsaturated/α-hetero) is 1. The normalized spacial score (nSPS) is 39.7. The molecule has 1 spiro atoms. The lowest BCUT2D eigenvalue weighted by Crippen LogP contribution is -2.73. The van der Waals surface area contributed by atoms with Crippen molar-refractivity contribution < 1.29 is 41.0 Å². The second kappa shape index (κ2) is 4.13. The van der Waals surface area contributed by atoms with Crippen molar-refractivity contribution in [3.8, 4) is 0 Å². The van der Waals surface area contributed by atoms with Gasteiger partial charge in [0.2, 0.25) is 0 Å². The number of aliphatic hydroxyl groups excluding tert-OH is 1. The van der Waals surface area contributed by atoms with Gasteiger partial charge in [0.1, 0.15) is 5.60 Å². The Bertz CT molecular complexity index is 476. The van der Waals surface area contributed by atoms with E-state index in [0.29, 0.717) is 0 Å². The molecular weight excluding hydrogens is 306 g/mol. The summed E-state index contributed by atoms with van der Waals surface area (Å²) in [4.78, 5) is 11.7. The first-order chi connectivity index (χ1) is 9.25. The lowest BCUT2D eigenvalue weighted by atomic mass is 9.68. The molecule has 0 aromatic heterocycles. The summed E-state index contributed by atoms with van der Waals surface area (Å²) in [6.07, 6.45) is -2.83. The number of alkyl halides is 6. The monoisotopic (exact) mass is 320 g/mol. The Labute approximate surface area is 116 Å². The highest BCUT2D eigenvalue weighted by Crippen LogP contribution is 2.64. The van der Waals surface area contributed by atoms with Gasteiger partial charge in [-0.05, 0) is 13.8 Å². The predicted octanol–water partition coefficient (Wildman–Crippen LogP) is 2.41. The van der Waals surface area contributed by atoms with Crippen molar-refractivity contribution >= 4 is 5.78 Å². The zero-order chi connectivity index (χ0) is 16.5. The Morgan fingerprint density at radius 3 is 2.05 bits per heavy atom. The van der Waals surface area contributed by atoms with Crippen molar-refractivity contribution in [2.45, 2.75) is 55.7 Å². The third kappa shape index (κ3) is 1.79. The van der Waals surface area contributed by atoms with E-state index in [1.165, 1.54) is 0 Å². The molecule has 2 rings (SSSR count). The predicted molar refractivity (Wildman–Crippen MR) is 57.6 cm³/mol. The Hall–Kier alpha value is -0.830. The second-order valence-corrected chi connectivity index (χ2v) is 6.04. The SMILES string of the molecule is CC1(C)OC2(CC1=O)C(CO)CC(F)(F)C(F)(F)C2(F)F. The summed E-state index contributed by atoms with van der Waals surface area (Å²) in [5.74, 6) is -18.9. The minimum atomic E-state index is -5.67. The van der Waals surface area contributed by atoms with E-state index < -0.39 is 60.1 Å². The van der Waals surface area contributed by atoms with Crippen LogP contribution in [0.3, 0.4) is 0 Å². The molecule has 21 heavy (non-hydrogen) atoms. The van der Waals surface area contributed by atoms with Gasteiger partial charge < -0.3 is 9.84 Å². The van der Waals surface area contributed by atoms with Crippen LogP contribution in [0.25, 0.3) is 0 Å². The molecule has 1 heterocycles. The molecule has 1 aliphatic carbocycles. The zero-order valence-corrected chi connectivity index (χ0v) is 11.2. The molecule has 122 valence electrons. The minimum Gasteiger partial charge on any atom is -0.396 e. The van der Waals surface area contributed by atoms with E-state index in [1.54, 1.807) is 0 Å².